The second-order valence-corrected chi connectivity index (χ2v) is 20.9. The predicted octanol–water partition coefficient (Wildman–Crippen LogP) is 2.19. The number of carbonyl (C=O) groups excluding carboxylic acids is 1. The molecule has 12 atom stereocenters. The average molecular weight is 1050 g/mol. The second kappa shape index (κ2) is 21.5. The maximum atomic E-state index is 15.5. The minimum atomic E-state index is -3.23. The molecule has 21 heteroatoms. The van der Waals surface area contributed by atoms with Gasteiger partial charge in [0.05, 0.1) is 30.4 Å². The molecular formula is C55H68N6O15. The highest BCUT2D eigenvalue weighted by molar-refractivity contribution is 6.13. The van der Waals surface area contributed by atoms with E-state index in [1.165, 1.54) is 30.4 Å². The van der Waals surface area contributed by atoms with E-state index in [1.807, 2.05) is 13.0 Å². The van der Waals surface area contributed by atoms with E-state index in [1.54, 1.807) is 30.6 Å². The number of aromatic amines is 1. The number of aliphatic hydroxyl groups is 7. The number of aliphatic hydroxyl groups excluding tert-OH is 6. The Balaban J connectivity index is 1.24. The molecule has 76 heavy (non-hydrogen) atoms. The fourth-order valence-corrected chi connectivity index (χ4v) is 13.5. The van der Waals surface area contributed by atoms with Crippen molar-refractivity contribution in [2.45, 2.75) is 131 Å². The summed E-state index contributed by atoms with van der Waals surface area (Å²) in [5.74, 6) is -10.2. The van der Waals surface area contributed by atoms with Gasteiger partial charge < -0.3 is 82.1 Å². The molecule has 3 heterocycles. The Hall–Kier alpha value is -6.56. The Labute approximate surface area is 438 Å². The van der Waals surface area contributed by atoms with Crippen molar-refractivity contribution >= 4 is 29.6 Å². The molecule has 408 valence electrons. The van der Waals surface area contributed by atoms with Crippen molar-refractivity contribution in [1.29, 1.82) is 0 Å². The number of guanidine groups is 1. The summed E-state index contributed by atoms with van der Waals surface area (Å²) in [7, 11) is 0. The first-order valence-electron chi connectivity index (χ1n) is 25.9. The van der Waals surface area contributed by atoms with E-state index in [4.69, 9.17) is 20.9 Å². The molecule has 1 saturated heterocycles. The highest BCUT2D eigenvalue weighted by atomic mass is 16.8. The minimum absolute atomic E-state index is 0.0138. The first kappa shape index (κ1) is 54.2. The van der Waals surface area contributed by atoms with E-state index < -0.39 is 95.2 Å². The summed E-state index contributed by atoms with van der Waals surface area (Å²) < 4.78 is 11.2. The third-order valence-corrected chi connectivity index (χ3v) is 16.7. The fraction of sp³-hybridized carbons (Fsp3) is 0.491. The number of aromatic hydroxyl groups is 3. The number of carbonyl (C=O) groups is 2. The number of H-pyrrole nitrogens is 1. The van der Waals surface area contributed by atoms with Gasteiger partial charge in [-0.25, -0.2) is 9.78 Å². The lowest BCUT2D eigenvalue weighted by Gasteiger charge is -2.58. The van der Waals surface area contributed by atoms with Gasteiger partial charge in [-0.2, -0.15) is 0 Å². The zero-order chi connectivity index (χ0) is 54.4. The number of aryl methyl sites for hydroxylation is 2. The molecule has 5 aliphatic rings. The first-order chi connectivity index (χ1) is 36.3. The van der Waals surface area contributed by atoms with Crippen molar-refractivity contribution in [2.24, 2.45) is 34.2 Å². The van der Waals surface area contributed by atoms with Crippen molar-refractivity contribution in [1.82, 2.24) is 9.97 Å². The number of ether oxygens (including phenoxy) is 2. The predicted molar refractivity (Wildman–Crippen MR) is 275 cm³/mol. The number of benzene rings is 3. The number of nitrogens with zero attached hydrogens (tertiary/aromatic N) is 3. The van der Waals surface area contributed by atoms with Gasteiger partial charge in [-0.1, -0.05) is 37.1 Å². The summed E-state index contributed by atoms with van der Waals surface area (Å²) in [5, 5.41) is 124. The van der Waals surface area contributed by atoms with Crippen LogP contribution in [0.25, 0.3) is 6.08 Å². The Kier molecular flexibility index (Phi) is 15.3. The molecular weight excluding hydrogens is 985 g/mol. The van der Waals surface area contributed by atoms with Gasteiger partial charge in [0.25, 0.3) is 5.91 Å². The summed E-state index contributed by atoms with van der Waals surface area (Å²) in [6.07, 6.45) is 1.62. The summed E-state index contributed by atoms with van der Waals surface area (Å²) in [5.41, 5.74) is 12.0. The minimum Gasteiger partial charge on any atom is -0.508 e. The first-order valence-corrected chi connectivity index (χ1v) is 25.9. The van der Waals surface area contributed by atoms with Gasteiger partial charge in [-0.3, -0.25) is 14.7 Å². The number of aliphatic carboxylic acids is 1. The molecule has 16 N–H and O–H groups in total. The van der Waals surface area contributed by atoms with E-state index in [0.29, 0.717) is 60.8 Å². The lowest BCUT2D eigenvalue weighted by atomic mass is 9.45. The van der Waals surface area contributed by atoms with E-state index in [9.17, 15) is 61.0 Å². The van der Waals surface area contributed by atoms with Gasteiger partial charge in [0.1, 0.15) is 29.8 Å². The van der Waals surface area contributed by atoms with Crippen LogP contribution in [0, 0.1) is 17.8 Å². The maximum Gasteiger partial charge on any atom is 0.355 e. The molecule has 0 spiro atoms. The molecule has 2 fully saturated rings. The number of carboxylic acids is 1. The maximum absolute atomic E-state index is 15.5. The number of phenolic OH excluding ortho intramolecular Hbond substituents is 3. The van der Waals surface area contributed by atoms with Crippen molar-refractivity contribution < 1.29 is 75.2 Å². The van der Waals surface area contributed by atoms with Gasteiger partial charge in [-0.05, 0) is 123 Å². The summed E-state index contributed by atoms with van der Waals surface area (Å²) >= 11 is 0. The molecule has 1 aromatic heterocycles. The molecule has 4 aromatic rings. The van der Waals surface area contributed by atoms with E-state index in [-0.39, 0.29) is 73.5 Å². The highest BCUT2D eigenvalue weighted by Gasteiger charge is 2.71. The van der Waals surface area contributed by atoms with Crippen LogP contribution < -0.4 is 21.1 Å². The van der Waals surface area contributed by atoms with Crippen LogP contribution in [-0.4, -0.2) is 146 Å². The number of aliphatic imine (C=N–C) groups is 1. The largest absolute Gasteiger partial charge is 0.508 e. The number of amides is 1. The Morgan fingerprint density at radius 3 is 2.50 bits per heavy atom. The smallest absolute Gasteiger partial charge is 0.355 e. The number of carboxylic acid groups (broad SMARTS) is 1. The molecule has 0 bridgehead atoms. The number of hydrogen-bond acceptors (Lipinski definition) is 16. The Morgan fingerprint density at radius 2 is 1.78 bits per heavy atom. The zero-order valence-corrected chi connectivity index (χ0v) is 42.1. The fourth-order valence-electron chi connectivity index (χ4n) is 13.5. The van der Waals surface area contributed by atoms with Crippen molar-refractivity contribution in [3.8, 4) is 23.0 Å². The third-order valence-electron chi connectivity index (χ3n) is 16.7. The van der Waals surface area contributed by atoms with Crippen LogP contribution in [0.3, 0.4) is 0 Å². The van der Waals surface area contributed by atoms with Crippen molar-refractivity contribution in [3.63, 3.8) is 0 Å². The second-order valence-electron chi connectivity index (χ2n) is 20.9. The van der Waals surface area contributed by atoms with Gasteiger partial charge in [0, 0.05) is 65.8 Å². The van der Waals surface area contributed by atoms with Crippen LogP contribution in [0.2, 0.25) is 0 Å². The van der Waals surface area contributed by atoms with Crippen LogP contribution in [0.4, 0.5) is 5.69 Å². The van der Waals surface area contributed by atoms with E-state index in [2.05, 4.69) is 15.0 Å². The molecule has 12 unspecified atom stereocenters. The molecule has 3 aromatic carbocycles. The number of imidazole rings is 1. The normalized spacial score (nSPS) is 30.0. The van der Waals surface area contributed by atoms with Crippen LogP contribution >= 0.6 is 0 Å². The molecule has 3 aliphatic carbocycles. The van der Waals surface area contributed by atoms with Gasteiger partial charge in [-0.15, -0.1) is 0 Å². The van der Waals surface area contributed by atoms with Crippen molar-refractivity contribution in [3.05, 3.63) is 112 Å². The van der Waals surface area contributed by atoms with Crippen LogP contribution in [-0.2, 0) is 39.0 Å². The Bertz CT molecular complexity index is 2920. The zero-order valence-electron chi connectivity index (χ0n) is 42.1. The standard InChI is InChI=1S/C55H68N6O15/c1-2-36-37(60-27-59-36)21-31-20-28(11-17-39(31)65)12-18-44(68)61-38-23-42(75-55(74)50(71)49(70)48(69)43(26-63)76-55)41(67)22-35(38)47-46(30(24-53(47,61)51(72)73)14-16-34(64)9-5-19-58-52(56)57)54-32(7-4-8-33(54)25-62)15-13-29-6-3-10-40(66)45(29)54/h3,6,10-12,17-18,20,22-24,27,32-34,43,46-50,62-67,69-71,74H,2,4-5,7-9,13-16,19,21,25-26H2,1H3,(H,59,60)(H,72,73)(H4,56,57,58). The quantitative estimate of drug-likeness (QED) is 0.0170. The number of nitrogens with one attached hydrogen (secondary N) is 1. The lowest BCUT2D eigenvalue weighted by molar-refractivity contribution is -0.422. The molecule has 2 aliphatic heterocycles. The summed E-state index contributed by atoms with van der Waals surface area (Å²) in [6, 6.07) is 12.2. The number of rotatable bonds is 18. The number of anilines is 1. The van der Waals surface area contributed by atoms with Crippen LogP contribution in [0.1, 0.15) is 103 Å². The lowest BCUT2D eigenvalue weighted by Crippen LogP contribution is -2.67. The Morgan fingerprint density at radius 1 is 0.987 bits per heavy atom. The summed E-state index contributed by atoms with van der Waals surface area (Å²) in [6.45, 7) is 0.909. The summed E-state index contributed by atoms with van der Waals surface area (Å²) in [4.78, 5) is 43.0. The highest BCUT2D eigenvalue weighted by Crippen LogP contribution is 2.70. The van der Waals surface area contributed by atoms with Crippen molar-refractivity contribution in [2.75, 3.05) is 24.7 Å². The number of hydrogen-bond donors (Lipinski definition) is 14. The number of allylic oxidation sites excluding steroid dienone is 1. The number of fused-ring (bicyclic) bond motifs is 6. The number of phenols is 3. The molecule has 9 rings (SSSR count). The molecule has 1 amide bonds. The van der Waals surface area contributed by atoms with E-state index >= 15 is 4.79 Å². The average Bonchev–Trinajstić information content (AvgIpc) is 3.79. The van der Waals surface area contributed by atoms with Gasteiger partial charge >= 0.3 is 11.9 Å². The molecule has 0 radical (unpaired) electrons. The number of aromatic nitrogens is 2. The monoisotopic (exact) mass is 1050 g/mol. The van der Waals surface area contributed by atoms with Crippen LogP contribution in [0.5, 0.6) is 23.0 Å². The topological polar surface area (TPSA) is 371 Å². The third kappa shape index (κ3) is 9.25. The molecule has 1 saturated carbocycles. The number of nitrogens with two attached hydrogens (primary N) is 2. The van der Waals surface area contributed by atoms with Crippen LogP contribution in [0.15, 0.2) is 77.6 Å². The SMILES string of the molecule is CCc1nc[nH]c1Cc1cc(C=CC(=O)N2c3cc(OC4(O)OC(CO)C(O)C(O)C4O)c(O)cc3C3C(C45c6c(O)cccc6CCC4CCCC5CO)C(CCC(O)CCCN=C(N)N)=CC32C(=O)O)ccc1O. The van der Waals surface area contributed by atoms with Gasteiger partial charge in [0.2, 0.25) is 0 Å². The van der Waals surface area contributed by atoms with Gasteiger partial charge in [0.15, 0.2) is 29.1 Å². The molecule has 21 nitrogen and oxygen atoms in total. The van der Waals surface area contributed by atoms with E-state index in [0.717, 1.165) is 34.3 Å².